The zero-order valence-corrected chi connectivity index (χ0v) is 9.90. The van der Waals surface area contributed by atoms with E-state index in [2.05, 4.69) is 14.6 Å². The van der Waals surface area contributed by atoms with Crippen molar-refractivity contribution in [2.24, 2.45) is 0 Å². The molecule has 0 saturated heterocycles. The molecule has 0 saturated carbocycles. The molecule has 1 N–H and O–H groups in total. The van der Waals surface area contributed by atoms with E-state index in [9.17, 15) is 4.79 Å². The van der Waals surface area contributed by atoms with Crippen molar-refractivity contribution in [2.75, 3.05) is 0 Å². The van der Waals surface area contributed by atoms with Crippen LogP contribution in [0.4, 0.5) is 0 Å². The lowest BCUT2D eigenvalue weighted by molar-refractivity contribution is 0.0691. The molecule has 0 atom stereocenters. The summed E-state index contributed by atoms with van der Waals surface area (Å²) in [6.45, 7) is 0.0569. The van der Waals surface area contributed by atoms with Gasteiger partial charge >= 0.3 is 5.97 Å². The molecule has 0 aromatic carbocycles. The van der Waals surface area contributed by atoms with Gasteiger partial charge in [0.1, 0.15) is 22.2 Å². The summed E-state index contributed by atoms with van der Waals surface area (Å²) in [5.41, 5.74) is 0.510. The van der Waals surface area contributed by atoms with Crippen molar-refractivity contribution in [3.63, 3.8) is 0 Å². The summed E-state index contributed by atoms with van der Waals surface area (Å²) in [5.74, 6) is -0.908. The molecule has 88 valence electrons. The van der Waals surface area contributed by atoms with Gasteiger partial charge in [-0.15, -0.1) is 5.10 Å². The smallest absolute Gasteiger partial charge is 0.339 e. The van der Waals surface area contributed by atoms with Crippen molar-refractivity contribution < 1.29 is 14.6 Å². The molecule has 0 unspecified atom stereocenters. The highest BCUT2D eigenvalue weighted by Crippen LogP contribution is 2.21. The second kappa shape index (κ2) is 5.07. The normalized spacial score (nSPS) is 10.2. The number of hydrogen-bond acceptors (Lipinski definition) is 6. The highest BCUT2D eigenvalue weighted by atomic mass is 35.5. The minimum absolute atomic E-state index is 0.0410. The summed E-state index contributed by atoms with van der Waals surface area (Å²) in [4.78, 5) is 14.7. The van der Waals surface area contributed by atoms with E-state index in [1.807, 2.05) is 0 Å². The first-order valence-corrected chi connectivity index (χ1v) is 5.60. The van der Waals surface area contributed by atoms with E-state index >= 15 is 0 Å². The van der Waals surface area contributed by atoms with Crippen LogP contribution in [-0.2, 0) is 6.61 Å². The number of pyridine rings is 1. The zero-order valence-electron chi connectivity index (χ0n) is 8.33. The highest BCUT2D eigenvalue weighted by Gasteiger charge is 2.12. The molecule has 2 rings (SSSR count). The maximum Gasteiger partial charge on any atom is 0.339 e. The molecule has 0 radical (unpaired) electrons. The third-order valence-corrected chi connectivity index (χ3v) is 2.87. The van der Waals surface area contributed by atoms with Crippen molar-refractivity contribution >= 4 is 29.1 Å². The van der Waals surface area contributed by atoms with Crippen LogP contribution in [0.2, 0.25) is 4.34 Å². The van der Waals surface area contributed by atoms with Crippen molar-refractivity contribution in [2.45, 2.75) is 6.61 Å². The minimum Gasteiger partial charge on any atom is -0.485 e. The molecule has 2 heterocycles. The Hall–Kier alpha value is -1.73. The summed E-state index contributed by atoms with van der Waals surface area (Å²) in [6.07, 6.45) is 2.71. The molecule has 8 heteroatoms. The van der Waals surface area contributed by atoms with Crippen molar-refractivity contribution in [1.29, 1.82) is 0 Å². The average Bonchev–Trinajstić information content (AvgIpc) is 2.72. The van der Waals surface area contributed by atoms with Gasteiger partial charge < -0.3 is 9.84 Å². The van der Waals surface area contributed by atoms with Gasteiger partial charge in [-0.3, -0.25) is 4.98 Å². The molecule has 17 heavy (non-hydrogen) atoms. The molecular formula is C9H6ClN3O3S. The van der Waals surface area contributed by atoms with Gasteiger partial charge in [-0.25, -0.2) is 4.79 Å². The van der Waals surface area contributed by atoms with E-state index in [0.717, 1.165) is 11.5 Å². The van der Waals surface area contributed by atoms with E-state index in [0.29, 0.717) is 10.0 Å². The van der Waals surface area contributed by atoms with Gasteiger partial charge in [-0.1, -0.05) is 16.1 Å². The number of halogens is 1. The van der Waals surface area contributed by atoms with Gasteiger partial charge in [0.2, 0.25) is 0 Å². The fourth-order valence-electron chi connectivity index (χ4n) is 1.10. The quantitative estimate of drug-likeness (QED) is 0.914. The van der Waals surface area contributed by atoms with E-state index in [1.165, 1.54) is 18.5 Å². The molecule has 0 amide bonds. The predicted molar refractivity (Wildman–Crippen MR) is 60.4 cm³/mol. The summed E-state index contributed by atoms with van der Waals surface area (Å²) in [7, 11) is 0. The van der Waals surface area contributed by atoms with Crippen LogP contribution in [-0.4, -0.2) is 25.6 Å². The Morgan fingerprint density at radius 1 is 1.59 bits per heavy atom. The Kier molecular flexibility index (Phi) is 3.50. The number of ether oxygens (including phenoxy) is 1. The van der Waals surface area contributed by atoms with Crippen LogP contribution >= 0.6 is 23.1 Å². The Balaban J connectivity index is 2.14. The molecule has 0 aliphatic rings. The molecular weight excluding hydrogens is 266 g/mol. The molecule has 6 nitrogen and oxygen atoms in total. The van der Waals surface area contributed by atoms with Crippen LogP contribution in [0.15, 0.2) is 18.5 Å². The number of rotatable bonds is 4. The fraction of sp³-hybridized carbons (Fsp3) is 0.111. The summed E-state index contributed by atoms with van der Waals surface area (Å²) < 4.78 is 9.36. The number of carboxylic acid groups (broad SMARTS) is 1. The molecule has 0 spiro atoms. The lowest BCUT2D eigenvalue weighted by Gasteiger charge is -2.06. The molecule has 0 bridgehead atoms. The molecule has 2 aromatic rings. The molecule has 0 fully saturated rings. The van der Waals surface area contributed by atoms with E-state index < -0.39 is 5.97 Å². The number of hydrogen-bond donors (Lipinski definition) is 1. The predicted octanol–water partition coefficient (Wildman–Crippen LogP) is 1.86. The monoisotopic (exact) mass is 271 g/mol. The topological polar surface area (TPSA) is 85.2 Å². The zero-order chi connectivity index (χ0) is 12.3. The third kappa shape index (κ3) is 2.69. The number of aromatic nitrogens is 3. The summed E-state index contributed by atoms with van der Waals surface area (Å²) in [5, 5.41) is 12.7. The molecule has 0 aliphatic carbocycles. The van der Waals surface area contributed by atoms with Gasteiger partial charge in [0.05, 0.1) is 6.20 Å². The van der Waals surface area contributed by atoms with Gasteiger partial charge in [0.25, 0.3) is 0 Å². The Morgan fingerprint density at radius 2 is 2.41 bits per heavy atom. The van der Waals surface area contributed by atoms with Gasteiger partial charge in [0, 0.05) is 17.7 Å². The average molecular weight is 272 g/mol. The van der Waals surface area contributed by atoms with E-state index in [-0.39, 0.29) is 17.9 Å². The minimum atomic E-state index is -1.08. The first kappa shape index (κ1) is 11.7. The largest absolute Gasteiger partial charge is 0.485 e. The molecule has 0 aliphatic heterocycles. The van der Waals surface area contributed by atoms with Crippen molar-refractivity contribution in [1.82, 2.24) is 14.6 Å². The van der Waals surface area contributed by atoms with E-state index in [1.54, 1.807) is 0 Å². The Bertz CT molecular complexity index is 546. The molecule has 2 aromatic heterocycles. The van der Waals surface area contributed by atoms with Gasteiger partial charge in [-0.05, 0) is 6.07 Å². The van der Waals surface area contributed by atoms with Crippen LogP contribution in [0.3, 0.4) is 0 Å². The number of aromatic carboxylic acids is 1. The highest BCUT2D eigenvalue weighted by molar-refractivity contribution is 7.10. The summed E-state index contributed by atoms with van der Waals surface area (Å²) in [6, 6.07) is 1.36. The SMILES string of the molecule is O=C(O)c1ccncc1OCc1nnsc1Cl. The van der Waals surface area contributed by atoms with Gasteiger partial charge in [0.15, 0.2) is 5.75 Å². The standard InChI is InChI=1S/C9H6ClN3O3S/c10-8-6(12-13-17-8)4-16-7-3-11-2-1-5(7)9(14)15/h1-3H,4H2,(H,14,15). The number of nitrogens with zero attached hydrogens (tertiary/aromatic N) is 3. The Morgan fingerprint density at radius 3 is 3.06 bits per heavy atom. The number of carboxylic acids is 1. The van der Waals surface area contributed by atoms with Crippen LogP contribution < -0.4 is 4.74 Å². The van der Waals surface area contributed by atoms with Gasteiger partial charge in [-0.2, -0.15) is 0 Å². The third-order valence-electron chi connectivity index (χ3n) is 1.89. The van der Waals surface area contributed by atoms with E-state index in [4.69, 9.17) is 21.4 Å². The maximum absolute atomic E-state index is 10.9. The first-order valence-electron chi connectivity index (χ1n) is 4.45. The lowest BCUT2D eigenvalue weighted by Crippen LogP contribution is -2.04. The number of carbonyl (C=O) groups is 1. The van der Waals surface area contributed by atoms with Crippen LogP contribution in [0.25, 0.3) is 0 Å². The van der Waals surface area contributed by atoms with Crippen LogP contribution in [0.5, 0.6) is 5.75 Å². The maximum atomic E-state index is 10.9. The summed E-state index contributed by atoms with van der Waals surface area (Å²) >= 11 is 6.83. The Labute approximate surface area is 105 Å². The lowest BCUT2D eigenvalue weighted by atomic mass is 10.2. The van der Waals surface area contributed by atoms with Crippen molar-refractivity contribution in [3.8, 4) is 5.75 Å². The van der Waals surface area contributed by atoms with Crippen LogP contribution in [0.1, 0.15) is 16.1 Å². The first-order chi connectivity index (χ1) is 8.18. The second-order valence-electron chi connectivity index (χ2n) is 2.96. The fourth-order valence-corrected chi connectivity index (χ4v) is 1.70. The second-order valence-corrected chi connectivity index (χ2v) is 4.32. The van der Waals surface area contributed by atoms with Crippen LogP contribution in [0, 0.1) is 0 Å². The van der Waals surface area contributed by atoms with Crippen molar-refractivity contribution in [3.05, 3.63) is 34.1 Å².